The van der Waals surface area contributed by atoms with Gasteiger partial charge in [-0.3, -0.25) is 14.9 Å². The van der Waals surface area contributed by atoms with Crippen molar-refractivity contribution in [2.24, 2.45) is 0 Å². The number of thioether (sulfide) groups is 1. The zero-order valence-electron chi connectivity index (χ0n) is 13.2. The van der Waals surface area contributed by atoms with Gasteiger partial charge in [0, 0.05) is 34.5 Å². The van der Waals surface area contributed by atoms with E-state index in [0.717, 1.165) is 30.0 Å². The van der Waals surface area contributed by atoms with Crippen LogP contribution in [0.4, 0.5) is 20.2 Å². The number of benzene rings is 2. The summed E-state index contributed by atoms with van der Waals surface area (Å²) in [6.45, 7) is -0.463. The molecule has 0 aromatic heterocycles. The Kier molecular flexibility index (Phi) is 6.61. The van der Waals surface area contributed by atoms with Crippen molar-refractivity contribution in [2.75, 3.05) is 17.7 Å². The molecule has 3 N–H and O–H groups in total. The van der Waals surface area contributed by atoms with Gasteiger partial charge in [0.2, 0.25) is 0 Å². The SMILES string of the molecule is O=C(Nc1cc(SCC(O)CO)cc([N+](=O)[O-])c1)c1ccc(F)cc1F. The van der Waals surface area contributed by atoms with E-state index in [0.29, 0.717) is 11.0 Å². The number of amides is 1. The number of non-ortho nitro benzene ring substituents is 1. The minimum Gasteiger partial charge on any atom is -0.394 e. The molecule has 0 bridgehead atoms. The number of hydrogen-bond donors (Lipinski definition) is 3. The minimum atomic E-state index is -1.06. The lowest BCUT2D eigenvalue weighted by atomic mass is 10.2. The maximum absolute atomic E-state index is 13.7. The largest absolute Gasteiger partial charge is 0.394 e. The molecule has 138 valence electrons. The van der Waals surface area contributed by atoms with Crippen LogP contribution in [0.25, 0.3) is 0 Å². The third-order valence-electron chi connectivity index (χ3n) is 3.19. The van der Waals surface area contributed by atoms with Gasteiger partial charge >= 0.3 is 0 Å². The number of nitro benzene ring substituents is 1. The monoisotopic (exact) mass is 384 g/mol. The Hall–Kier alpha value is -2.56. The number of aliphatic hydroxyl groups is 2. The maximum atomic E-state index is 13.7. The highest BCUT2D eigenvalue weighted by Gasteiger charge is 2.16. The Labute approximate surface area is 150 Å². The third kappa shape index (κ3) is 5.22. The topological polar surface area (TPSA) is 113 Å². The lowest BCUT2D eigenvalue weighted by molar-refractivity contribution is -0.385. The normalized spacial score (nSPS) is 11.8. The van der Waals surface area contributed by atoms with Gasteiger partial charge in [0.25, 0.3) is 11.6 Å². The highest BCUT2D eigenvalue weighted by atomic mass is 32.2. The van der Waals surface area contributed by atoms with Crippen molar-refractivity contribution in [1.82, 2.24) is 0 Å². The van der Waals surface area contributed by atoms with Crippen molar-refractivity contribution in [3.05, 3.63) is 63.7 Å². The summed E-state index contributed by atoms with van der Waals surface area (Å²) in [5, 5.41) is 31.5. The van der Waals surface area contributed by atoms with E-state index in [1.165, 1.54) is 12.1 Å². The number of nitro groups is 1. The highest BCUT2D eigenvalue weighted by molar-refractivity contribution is 7.99. The summed E-state index contributed by atoms with van der Waals surface area (Å²) in [6, 6.07) is 6.17. The van der Waals surface area contributed by atoms with Gasteiger partial charge in [0.1, 0.15) is 11.6 Å². The van der Waals surface area contributed by atoms with Crippen LogP contribution in [-0.2, 0) is 0 Å². The van der Waals surface area contributed by atoms with Crippen LogP contribution >= 0.6 is 11.8 Å². The number of nitrogens with one attached hydrogen (secondary N) is 1. The molecule has 0 heterocycles. The molecule has 7 nitrogen and oxygen atoms in total. The summed E-state index contributed by atoms with van der Waals surface area (Å²) in [5.74, 6) is -2.71. The van der Waals surface area contributed by atoms with E-state index in [4.69, 9.17) is 5.11 Å². The predicted molar refractivity (Wildman–Crippen MR) is 91.2 cm³/mol. The fraction of sp³-hybridized carbons (Fsp3) is 0.188. The van der Waals surface area contributed by atoms with Gasteiger partial charge in [0.15, 0.2) is 0 Å². The molecule has 0 aliphatic rings. The maximum Gasteiger partial charge on any atom is 0.272 e. The fourth-order valence-electron chi connectivity index (χ4n) is 1.96. The van der Waals surface area contributed by atoms with Crippen molar-refractivity contribution >= 4 is 29.0 Å². The molecule has 0 fully saturated rings. The van der Waals surface area contributed by atoms with Crippen LogP contribution in [-0.4, -0.2) is 39.5 Å². The molecule has 2 aromatic carbocycles. The van der Waals surface area contributed by atoms with Gasteiger partial charge < -0.3 is 15.5 Å². The Morgan fingerprint density at radius 1 is 1.27 bits per heavy atom. The molecular formula is C16H14F2N2O5S. The summed E-state index contributed by atoms with van der Waals surface area (Å²) in [7, 11) is 0. The van der Waals surface area contributed by atoms with E-state index in [2.05, 4.69) is 5.32 Å². The van der Waals surface area contributed by atoms with Gasteiger partial charge in [-0.05, 0) is 18.2 Å². The number of aliphatic hydroxyl groups excluding tert-OH is 2. The van der Waals surface area contributed by atoms with Crippen LogP contribution in [0.1, 0.15) is 10.4 Å². The third-order valence-corrected chi connectivity index (χ3v) is 4.31. The number of carbonyl (C=O) groups excluding carboxylic acids is 1. The average Bonchev–Trinajstić information content (AvgIpc) is 2.59. The van der Waals surface area contributed by atoms with Crippen LogP contribution in [0.2, 0.25) is 0 Å². The van der Waals surface area contributed by atoms with Gasteiger partial charge in [-0.2, -0.15) is 0 Å². The summed E-state index contributed by atoms with van der Waals surface area (Å²) in [5.41, 5.74) is -0.694. The van der Waals surface area contributed by atoms with Crippen molar-refractivity contribution in [3.8, 4) is 0 Å². The standard InChI is InChI=1S/C16H14F2N2O5S/c17-9-1-2-14(15(18)3-9)16(23)19-10-4-11(20(24)25)6-13(5-10)26-8-12(22)7-21/h1-6,12,21-22H,7-8H2,(H,19,23). The first-order valence-corrected chi connectivity index (χ1v) is 8.26. The molecule has 0 saturated carbocycles. The Morgan fingerprint density at radius 2 is 2.00 bits per heavy atom. The quantitative estimate of drug-likeness (QED) is 0.384. The van der Waals surface area contributed by atoms with E-state index < -0.39 is 40.7 Å². The molecule has 0 aliphatic carbocycles. The number of hydrogen-bond acceptors (Lipinski definition) is 6. The van der Waals surface area contributed by atoms with Gasteiger partial charge in [-0.25, -0.2) is 8.78 Å². The van der Waals surface area contributed by atoms with Crippen LogP contribution in [0.5, 0.6) is 0 Å². The molecule has 0 radical (unpaired) electrons. The molecule has 0 aliphatic heterocycles. The number of carbonyl (C=O) groups is 1. The van der Waals surface area contributed by atoms with Crippen molar-refractivity contribution in [2.45, 2.75) is 11.0 Å². The molecule has 1 amide bonds. The minimum absolute atomic E-state index is 0.0360. The predicted octanol–water partition coefficient (Wildman–Crippen LogP) is 2.57. The molecule has 10 heteroatoms. The summed E-state index contributed by atoms with van der Waals surface area (Å²) < 4.78 is 26.6. The average molecular weight is 384 g/mol. The fourth-order valence-corrected chi connectivity index (χ4v) is 2.87. The number of rotatable bonds is 7. The second-order valence-electron chi connectivity index (χ2n) is 5.20. The van der Waals surface area contributed by atoms with Crippen molar-refractivity contribution < 1.29 is 28.7 Å². The Morgan fingerprint density at radius 3 is 2.62 bits per heavy atom. The number of anilines is 1. The van der Waals surface area contributed by atoms with Crippen LogP contribution in [0.3, 0.4) is 0 Å². The van der Waals surface area contributed by atoms with E-state index >= 15 is 0 Å². The second kappa shape index (κ2) is 8.70. The highest BCUT2D eigenvalue weighted by Crippen LogP contribution is 2.29. The molecule has 2 aromatic rings. The van der Waals surface area contributed by atoms with Crippen molar-refractivity contribution in [3.63, 3.8) is 0 Å². The molecule has 2 rings (SSSR count). The zero-order chi connectivity index (χ0) is 19.3. The summed E-state index contributed by atoms with van der Waals surface area (Å²) in [6.07, 6.45) is -1.01. The first-order valence-electron chi connectivity index (χ1n) is 7.27. The molecular weight excluding hydrogens is 370 g/mol. The van der Waals surface area contributed by atoms with Gasteiger partial charge in [-0.15, -0.1) is 11.8 Å². The lowest BCUT2D eigenvalue weighted by Crippen LogP contribution is -2.15. The van der Waals surface area contributed by atoms with E-state index in [-0.39, 0.29) is 17.1 Å². The summed E-state index contributed by atoms with van der Waals surface area (Å²) in [4.78, 5) is 22.9. The lowest BCUT2D eigenvalue weighted by Gasteiger charge is -2.10. The number of nitrogens with zero attached hydrogens (tertiary/aromatic N) is 1. The van der Waals surface area contributed by atoms with Crippen LogP contribution in [0.15, 0.2) is 41.3 Å². The van der Waals surface area contributed by atoms with Crippen LogP contribution < -0.4 is 5.32 Å². The van der Waals surface area contributed by atoms with Crippen LogP contribution in [0, 0.1) is 21.7 Å². The summed E-state index contributed by atoms with van der Waals surface area (Å²) >= 11 is 1.04. The van der Waals surface area contributed by atoms with E-state index in [1.807, 2.05) is 0 Å². The van der Waals surface area contributed by atoms with Crippen molar-refractivity contribution in [1.29, 1.82) is 0 Å². The molecule has 1 atom stereocenters. The second-order valence-corrected chi connectivity index (χ2v) is 6.29. The zero-order valence-corrected chi connectivity index (χ0v) is 14.0. The molecule has 26 heavy (non-hydrogen) atoms. The Balaban J connectivity index is 2.25. The smallest absolute Gasteiger partial charge is 0.272 e. The number of halogens is 2. The first kappa shape index (κ1) is 19.8. The van der Waals surface area contributed by atoms with Gasteiger partial charge in [0.05, 0.1) is 23.2 Å². The van der Waals surface area contributed by atoms with E-state index in [9.17, 15) is 28.8 Å². The van der Waals surface area contributed by atoms with Gasteiger partial charge in [-0.1, -0.05) is 0 Å². The molecule has 1 unspecified atom stereocenters. The Bertz CT molecular complexity index is 834. The molecule has 0 saturated heterocycles. The molecule has 0 spiro atoms. The van der Waals surface area contributed by atoms with E-state index in [1.54, 1.807) is 0 Å². The first-order chi connectivity index (χ1) is 12.3.